The fourth-order valence-electron chi connectivity index (χ4n) is 3.13. The quantitative estimate of drug-likeness (QED) is 0.897. The second-order valence-electron chi connectivity index (χ2n) is 6.72. The van der Waals surface area contributed by atoms with Gasteiger partial charge in [0.2, 0.25) is 5.91 Å². The number of fused-ring (bicyclic) bond motifs is 1. The van der Waals surface area contributed by atoms with Gasteiger partial charge in [-0.25, -0.2) is 0 Å². The van der Waals surface area contributed by atoms with Crippen molar-refractivity contribution >= 4 is 18.2 Å². The van der Waals surface area contributed by atoms with Crippen molar-refractivity contribution in [3.8, 4) is 17.2 Å². The lowest BCUT2D eigenvalue weighted by Gasteiger charge is -2.18. The standard InChI is InChI=1S/C21H19N3O/c1-13-2-3-14(11-22)8-19(13)17-7-6-16-10-20(23-12-18(16)9-17)24-21(25)15-4-5-15/h2-3,6-10,12,15,20,23H,4-5H2,1H3,(H,24,25). The van der Waals surface area contributed by atoms with E-state index in [9.17, 15) is 4.79 Å². The zero-order valence-corrected chi connectivity index (χ0v) is 14.0. The highest BCUT2D eigenvalue weighted by atomic mass is 16.2. The van der Waals surface area contributed by atoms with Crippen molar-refractivity contribution in [1.29, 1.82) is 5.26 Å². The third kappa shape index (κ3) is 3.14. The number of nitrogens with zero attached hydrogens (tertiary/aromatic N) is 1. The minimum atomic E-state index is -0.157. The van der Waals surface area contributed by atoms with Crippen LogP contribution in [0.5, 0.6) is 0 Å². The van der Waals surface area contributed by atoms with E-state index in [1.54, 1.807) is 0 Å². The van der Waals surface area contributed by atoms with Gasteiger partial charge in [-0.05, 0) is 71.2 Å². The number of carbonyl (C=O) groups excluding carboxylic acids is 1. The second-order valence-corrected chi connectivity index (χ2v) is 6.72. The molecule has 4 nitrogen and oxygen atoms in total. The molecule has 1 atom stereocenters. The van der Waals surface area contributed by atoms with E-state index in [1.165, 1.54) is 0 Å². The molecule has 2 aromatic rings. The van der Waals surface area contributed by atoms with Crippen molar-refractivity contribution in [3.63, 3.8) is 0 Å². The van der Waals surface area contributed by atoms with Crippen LogP contribution >= 0.6 is 0 Å². The van der Waals surface area contributed by atoms with Crippen LogP contribution < -0.4 is 21.1 Å². The Morgan fingerprint density at radius 1 is 1.20 bits per heavy atom. The van der Waals surface area contributed by atoms with Crippen LogP contribution in [-0.4, -0.2) is 12.1 Å². The molecule has 1 unspecified atom stereocenters. The lowest BCUT2D eigenvalue weighted by molar-refractivity contribution is -0.122. The predicted octanol–water partition coefficient (Wildman–Crippen LogP) is 1.51. The van der Waals surface area contributed by atoms with E-state index < -0.39 is 0 Å². The van der Waals surface area contributed by atoms with Gasteiger partial charge >= 0.3 is 0 Å². The highest BCUT2D eigenvalue weighted by molar-refractivity contribution is 5.82. The molecule has 25 heavy (non-hydrogen) atoms. The van der Waals surface area contributed by atoms with Crippen LogP contribution in [0.15, 0.2) is 36.4 Å². The summed E-state index contributed by atoms with van der Waals surface area (Å²) in [5.41, 5.74) is 3.95. The van der Waals surface area contributed by atoms with Crippen molar-refractivity contribution in [2.24, 2.45) is 5.92 Å². The van der Waals surface area contributed by atoms with Gasteiger partial charge in [0.25, 0.3) is 0 Å². The first-order valence-corrected chi connectivity index (χ1v) is 8.54. The molecule has 0 spiro atoms. The highest BCUT2D eigenvalue weighted by Crippen LogP contribution is 2.28. The first-order valence-electron chi connectivity index (χ1n) is 8.54. The molecule has 0 aromatic heterocycles. The molecule has 1 heterocycles. The summed E-state index contributed by atoms with van der Waals surface area (Å²) in [5.74, 6) is 0.334. The minimum absolute atomic E-state index is 0.131. The van der Waals surface area contributed by atoms with Crippen LogP contribution in [0.4, 0.5) is 0 Å². The number of aryl methyl sites for hydroxylation is 1. The van der Waals surface area contributed by atoms with E-state index in [0.29, 0.717) is 5.56 Å². The van der Waals surface area contributed by atoms with Crippen LogP contribution in [0.2, 0.25) is 0 Å². The van der Waals surface area contributed by atoms with Crippen molar-refractivity contribution in [2.75, 3.05) is 0 Å². The van der Waals surface area contributed by atoms with Crippen LogP contribution in [0, 0.1) is 24.2 Å². The van der Waals surface area contributed by atoms with Crippen molar-refractivity contribution in [2.45, 2.75) is 25.9 Å². The Morgan fingerprint density at radius 3 is 2.80 bits per heavy atom. The maximum Gasteiger partial charge on any atom is 0.224 e. The van der Waals surface area contributed by atoms with Crippen LogP contribution in [-0.2, 0) is 4.79 Å². The van der Waals surface area contributed by atoms with Gasteiger partial charge < -0.3 is 10.6 Å². The zero-order valence-electron chi connectivity index (χ0n) is 14.0. The van der Waals surface area contributed by atoms with Crippen LogP contribution in [0.25, 0.3) is 23.4 Å². The lowest BCUT2D eigenvalue weighted by atomic mass is 9.97. The third-order valence-electron chi connectivity index (χ3n) is 4.77. The molecule has 0 saturated heterocycles. The maximum absolute atomic E-state index is 11.9. The monoisotopic (exact) mass is 329 g/mol. The van der Waals surface area contributed by atoms with Gasteiger partial charge in [-0.15, -0.1) is 0 Å². The lowest BCUT2D eigenvalue weighted by Crippen LogP contribution is -2.48. The number of benzene rings is 2. The summed E-state index contributed by atoms with van der Waals surface area (Å²) in [6.07, 6.45) is 5.83. The molecule has 1 aliphatic heterocycles. The average molecular weight is 329 g/mol. The van der Waals surface area contributed by atoms with Crippen molar-refractivity contribution in [3.05, 3.63) is 58.0 Å². The maximum atomic E-state index is 11.9. The Kier molecular flexibility index (Phi) is 3.77. The van der Waals surface area contributed by atoms with Crippen LogP contribution in [0.3, 0.4) is 0 Å². The van der Waals surface area contributed by atoms with E-state index in [2.05, 4.69) is 34.9 Å². The fraction of sp³-hybridized carbons (Fsp3) is 0.238. The molecule has 1 aliphatic carbocycles. The van der Waals surface area contributed by atoms with Gasteiger partial charge in [0.15, 0.2) is 0 Å². The van der Waals surface area contributed by atoms with Gasteiger partial charge in [-0.3, -0.25) is 4.79 Å². The Bertz CT molecular complexity index is 1010. The number of hydrogen-bond donors (Lipinski definition) is 2. The topological polar surface area (TPSA) is 64.9 Å². The average Bonchev–Trinajstić information content (AvgIpc) is 3.47. The molecule has 2 aliphatic rings. The predicted molar refractivity (Wildman–Crippen MR) is 97.3 cm³/mol. The summed E-state index contributed by atoms with van der Waals surface area (Å²) in [7, 11) is 0. The normalized spacial score (nSPS) is 18.0. The first-order chi connectivity index (χ1) is 12.1. The van der Waals surface area contributed by atoms with Gasteiger partial charge in [-0.1, -0.05) is 18.2 Å². The van der Waals surface area contributed by atoms with Gasteiger partial charge in [0.05, 0.1) is 11.6 Å². The number of amides is 1. The van der Waals surface area contributed by atoms with Crippen molar-refractivity contribution < 1.29 is 4.79 Å². The smallest absolute Gasteiger partial charge is 0.224 e. The van der Waals surface area contributed by atoms with E-state index >= 15 is 0 Å². The molecule has 1 amide bonds. The molecule has 2 N–H and O–H groups in total. The Hall–Kier alpha value is -3.06. The Labute approximate surface area is 146 Å². The molecule has 4 heteroatoms. The largest absolute Gasteiger partial charge is 0.368 e. The summed E-state index contributed by atoms with van der Waals surface area (Å²) in [5, 5.41) is 17.6. The summed E-state index contributed by atoms with van der Waals surface area (Å²) >= 11 is 0. The summed E-state index contributed by atoms with van der Waals surface area (Å²) in [6, 6.07) is 14.2. The SMILES string of the molecule is Cc1ccc(C#N)cc1-c1ccc2c(c1)=CNC(NC(=O)C1CC1)C=2. The second kappa shape index (κ2) is 6.10. The number of hydrogen-bond acceptors (Lipinski definition) is 3. The molecular formula is C21H19N3O. The molecule has 1 fully saturated rings. The van der Waals surface area contributed by atoms with E-state index in [-0.39, 0.29) is 18.0 Å². The number of rotatable bonds is 3. The fourth-order valence-corrected chi connectivity index (χ4v) is 3.13. The van der Waals surface area contributed by atoms with E-state index in [4.69, 9.17) is 5.26 Å². The Morgan fingerprint density at radius 2 is 2.04 bits per heavy atom. The molecule has 4 rings (SSSR count). The van der Waals surface area contributed by atoms with Gasteiger partial charge in [0, 0.05) is 12.1 Å². The Balaban J connectivity index is 1.66. The molecular weight excluding hydrogens is 310 g/mol. The highest BCUT2D eigenvalue weighted by Gasteiger charge is 2.30. The van der Waals surface area contributed by atoms with E-state index in [1.807, 2.05) is 37.4 Å². The van der Waals surface area contributed by atoms with Crippen molar-refractivity contribution in [1.82, 2.24) is 10.6 Å². The molecule has 124 valence electrons. The zero-order chi connectivity index (χ0) is 17.4. The summed E-state index contributed by atoms with van der Waals surface area (Å²) in [4.78, 5) is 11.9. The summed E-state index contributed by atoms with van der Waals surface area (Å²) in [6.45, 7) is 2.05. The summed E-state index contributed by atoms with van der Waals surface area (Å²) < 4.78 is 0. The molecule has 2 aromatic carbocycles. The number of nitriles is 1. The minimum Gasteiger partial charge on any atom is -0.368 e. The van der Waals surface area contributed by atoms with E-state index in [0.717, 1.165) is 40.0 Å². The number of nitrogens with one attached hydrogen (secondary N) is 2. The molecule has 0 radical (unpaired) electrons. The number of carbonyl (C=O) groups is 1. The molecule has 1 saturated carbocycles. The van der Waals surface area contributed by atoms with Gasteiger partial charge in [-0.2, -0.15) is 5.26 Å². The molecule has 0 bridgehead atoms. The third-order valence-corrected chi connectivity index (χ3v) is 4.77. The first kappa shape index (κ1) is 15.5. The van der Waals surface area contributed by atoms with Gasteiger partial charge in [0.1, 0.15) is 6.17 Å². The van der Waals surface area contributed by atoms with Crippen LogP contribution in [0.1, 0.15) is 24.0 Å².